The van der Waals surface area contributed by atoms with E-state index >= 15 is 0 Å². The van der Waals surface area contributed by atoms with Gasteiger partial charge >= 0.3 is 17.8 Å². The molecule has 0 saturated heterocycles. The van der Waals surface area contributed by atoms with Crippen molar-refractivity contribution in [3.63, 3.8) is 0 Å². The van der Waals surface area contributed by atoms with Gasteiger partial charge in [-0.15, -0.1) is 0 Å². The molecule has 0 spiro atoms. The quantitative estimate of drug-likeness (QED) is 0.211. The molecule has 156 valence electrons. The fraction of sp³-hybridized carbons (Fsp3) is 0.0435. The highest BCUT2D eigenvalue weighted by Crippen LogP contribution is 2.22. The van der Waals surface area contributed by atoms with Crippen LogP contribution in [0.25, 0.3) is 0 Å². The summed E-state index contributed by atoms with van der Waals surface area (Å²) in [6, 6.07) is 21.8. The number of amides is 2. The highest BCUT2D eigenvalue weighted by molar-refractivity contribution is 6.39. The van der Waals surface area contributed by atoms with E-state index in [1.54, 1.807) is 72.8 Å². The molecule has 0 unspecified atom stereocenters. The predicted molar refractivity (Wildman–Crippen MR) is 115 cm³/mol. The number of para-hydroxylation sites is 2. The van der Waals surface area contributed by atoms with E-state index in [4.69, 9.17) is 9.47 Å². The van der Waals surface area contributed by atoms with Gasteiger partial charge in [-0.3, -0.25) is 9.59 Å². The van der Waals surface area contributed by atoms with Gasteiger partial charge in [0.15, 0.2) is 0 Å². The molecule has 3 aromatic carbocycles. The van der Waals surface area contributed by atoms with E-state index in [-0.39, 0.29) is 0 Å². The molecule has 31 heavy (non-hydrogen) atoms. The summed E-state index contributed by atoms with van der Waals surface area (Å²) in [6.07, 6.45) is 1.36. The Morgan fingerprint density at radius 3 is 2.23 bits per heavy atom. The van der Waals surface area contributed by atoms with Crippen molar-refractivity contribution in [1.29, 1.82) is 0 Å². The summed E-state index contributed by atoms with van der Waals surface area (Å²) in [5.41, 5.74) is 3.60. The lowest BCUT2D eigenvalue weighted by atomic mass is 10.2. The van der Waals surface area contributed by atoms with E-state index < -0.39 is 17.8 Å². The maximum Gasteiger partial charge on any atom is 0.343 e. The van der Waals surface area contributed by atoms with Crippen LogP contribution in [-0.2, 0) is 9.59 Å². The number of carbonyl (C=O) groups is 3. The first-order valence-corrected chi connectivity index (χ1v) is 9.21. The van der Waals surface area contributed by atoms with Crippen LogP contribution in [0.5, 0.6) is 11.5 Å². The van der Waals surface area contributed by atoms with Crippen LogP contribution in [0.1, 0.15) is 15.9 Å². The second-order valence-electron chi connectivity index (χ2n) is 6.18. The molecule has 0 heterocycles. The number of hydrogen-bond donors (Lipinski definition) is 2. The SMILES string of the molecule is COc1ccccc1NC(=O)C(=O)N/N=C/c1ccc(OC(=O)c2ccccc2)cc1. The van der Waals surface area contributed by atoms with Gasteiger partial charge in [-0.05, 0) is 54.1 Å². The van der Waals surface area contributed by atoms with E-state index in [2.05, 4.69) is 15.8 Å². The van der Waals surface area contributed by atoms with Crippen LogP contribution >= 0.6 is 0 Å². The normalized spacial score (nSPS) is 10.4. The predicted octanol–water partition coefficient (Wildman–Crippen LogP) is 3.00. The van der Waals surface area contributed by atoms with E-state index in [0.717, 1.165) is 0 Å². The van der Waals surface area contributed by atoms with Crippen molar-refractivity contribution in [3.05, 3.63) is 90.0 Å². The first-order chi connectivity index (χ1) is 15.1. The molecule has 3 rings (SSSR count). The maximum absolute atomic E-state index is 12.0. The molecule has 0 radical (unpaired) electrons. The largest absolute Gasteiger partial charge is 0.495 e. The molecule has 2 N–H and O–H groups in total. The zero-order valence-electron chi connectivity index (χ0n) is 16.6. The van der Waals surface area contributed by atoms with Crippen molar-refractivity contribution >= 4 is 29.7 Å². The third-order valence-electron chi connectivity index (χ3n) is 4.04. The highest BCUT2D eigenvalue weighted by atomic mass is 16.5. The average Bonchev–Trinajstić information content (AvgIpc) is 2.81. The lowest BCUT2D eigenvalue weighted by molar-refractivity contribution is -0.136. The molecule has 0 aliphatic heterocycles. The minimum absolute atomic E-state index is 0.367. The number of hydrogen-bond acceptors (Lipinski definition) is 6. The molecule has 0 saturated carbocycles. The number of nitrogens with zero attached hydrogens (tertiary/aromatic N) is 1. The van der Waals surface area contributed by atoms with E-state index in [9.17, 15) is 14.4 Å². The Morgan fingerprint density at radius 2 is 1.52 bits per heavy atom. The third kappa shape index (κ3) is 6.01. The van der Waals surface area contributed by atoms with Crippen molar-refractivity contribution < 1.29 is 23.9 Å². The van der Waals surface area contributed by atoms with Gasteiger partial charge < -0.3 is 14.8 Å². The van der Waals surface area contributed by atoms with E-state index in [1.165, 1.54) is 13.3 Å². The van der Waals surface area contributed by atoms with Crippen LogP contribution < -0.4 is 20.2 Å². The zero-order valence-corrected chi connectivity index (χ0v) is 16.6. The lowest BCUT2D eigenvalue weighted by Crippen LogP contribution is -2.32. The number of nitrogens with one attached hydrogen (secondary N) is 2. The fourth-order valence-corrected chi connectivity index (χ4v) is 2.51. The Kier molecular flexibility index (Phi) is 7.10. The summed E-state index contributed by atoms with van der Waals surface area (Å²) in [5.74, 6) is -1.48. The first kappa shape index (κ1) is 21.3. The number of anilines is 1. The van der Waals surface area contributed by atoms with Gasteiger partial charge in [0.2, 0.25) is 0 Å². The van der Waals surface area contributed by atoms with Crippen molar-refractivity contribution in [2.24, 2.45) is 5.10 Å². The summed E-state index contributed by atoms with van der Waals surface area (Å²) in [6.45, 7) is 0. The minimum atomic E-state index is -0.935. The van der Waals surface area contributed by atoms with Crippen LogP contribution in [-0.4, -0.2) is 31.1 Å². The number of ether oxygens (including phenoxy) is 2. The highest BCUT2D eigenvalue weighted by Gasteiger charge is 2.14. The van der Waals surface area contributed by atoms with E-state index in [0.29, 0.717) is 28.3 Å². The van der Waals surface area contributed by atoms with Gasteiger partial charge in [0.25, 0.3) is 0 Å². The molecular weight excluding hydrogens is 398 g/mol. The second-order valence-corrected chi connectivity index (χ2v) is 6.18. The van der Waals surface area contributed by atoms with Crippen LogP contribution in [0, 0.1) is 0 Å². The van der Waals surface area contributed by atoms with Crippen molar-refractivity contribution in [1.82, 2.24) is 5.43 Å². The molecule has 0 aliphatic carbocycles. The van der Waals surface area contributed by atoms with Crippen molar-refractivity contribution in [2.75, 3.05) is 12.4 Å². The minimum Gasteiger partial charge on any atom is -0.495 e. The van der Waals surface area contributed by atoms with Gasteiger partial charge in [0.05, 0.1) is 24.6 Å². The monoisotopic (exact) mass is 417 g/mol. The molecule has 3 aromatic rings. The molecule has 8 heteroatoms. The molecule has 0 aromatic heterocycles. The molecule has 0 fully saturated rings. The van der Waals surface area contributed by atoms with Gasteiger partial charge in [0.1, 0.15) is 11.5 Å². The summed E-state index contributed by atoms with van der Waals surface area (Å²) in [7, 11) is 1.46. The first-order valence-electron chi connectivity index (χ1n) is 9.21. The van der Waals surface area contributed by atoms with Crippen LogP contribution in [0.2, 0.25) is 0 Å². The number of benzene rings is 3. The third-order valence-corrected chi connectivity index (χ3v) is 4.04. The summed E-state index contributed by atoms with van der Waals surface area (Å²) in [5, 5.41) is 6.21. The molecule has 2 amide bonds. The number of esters is 1. The van der Waals surface area contributed by atoms with Crippen LogP contribution in [0.3, 0.4) is 0 Å². The zero-order chi connectivity index (χ0) is 22.1. The summed E-state index contributed by atoms with van der Waals surface area (Å²) >= 11 is 0. The van der Waals surface area contributed by atoms with Gasteiger partial charge in [-0.2, -0.15) is 5.10 Å². The lowest BCUT2D eigenvalue weighted by Gasteiger charge is -2.08. The second kappa shape index (κ2) is 10.4. The number of methoxy groups -OCH3 is 1. The Balaban J connectivity index is 1.51. The molecule has 0 bridgehead atoms. The van der Waals surface area contributed by atoms with Crippen LogP contribution in [0.4, 0.5) is 5.69 Å². The van der Waals surface area contributed by atoms with E-state index in [1.807, 2.05) is 6.07 Å². The molecule has 0 atom stereocenters. The number of rotatable bonds is 6. The van der Waals surface area contributed by atoms with Crippen molar-refractivity contribution in [2.45, 2.75) is 0 Å². The summed E-state index contributed by atoms with van der Waals surface area (Å²) in [4.78, 5) is 35.9. The van der Waals surface area contributed by atoms with Crippen LogP contribution in [0.15, 0.2) is 84.0 Å². The van der Waals surface area contributed by atoms with Gasteiger partial charge in [-0.25, -0.2) is 10.2 Å². The maximum atomic E-state index is 12.0. The Morgan fingerprint density at radius 1 is 0.839 bits per heavy atom. The standard InChI is InChI=1S/C23H19N3O5/c1-30-20-10-6-5-9-19(20)25-21(27)22(28)26-24-15-16-11-13-18(14-12-16)31-23(29)17-7-3-2-4-8-17/h2-15H,1H3,(H,25,27)(H,26,28)/b24-15+. The Hall–Kier alpha value is -4.46. The smallest absolute Gasteiger partial charge is 0.343 e. The van der Waals surface area contributed by atoms with Crippen molar-refractivity contribution in [3.8, 4) is 11.5 Å². The molecule has 8 nitrogen and oxygen atoms in total. The van der Waals surface area contributed by atoms with Gasteiger partial charge in [-0.1, -0.05) is 30.3 Å². The molecule has 0 aliphatic rings. The topological polar surface area (TPSA) is 106 Å². The average molecular weight is 417 g/mol. The Bertz CT molecular complexity index is 1100. The molecular formula is C23H19N3O5. The number of carbonyl (C=O) groups excluding carboxylic acids is 3. The Labute approximate surface area is 178 Å². The summed E-state index contributed by atoms with van der Waals surface area (Å²) < 4.78 is 10.4. The number of hydrazone groups is 1. The fourth-order valence-electron chi connectivity index (χ4n) is 2.51. The van der Waals surface area contributed by atoms with Gasteiger partial charge in [0, 0.05) is 0 Å².